The van der Waals surface area contributed by atoms with Crippen molar-refractivity contribution in [3.05, 3.63) is 30.1 Å². The largest absolute Gasteiger partial charge is 0.342 e. The second-order valence-electron chi connectivity index (χ2n) is 10.1. The summed E-state index contributed by atoms with van der Waals surface area (Å²) in [5.74, 6) is 3.53. The van der Waals surface area contributed by atoms with Crippen LogP contribution in [0.2, 0.25) is 0 Å². The van der Waals surface area contributed by atoms with Gasteiger partial charge in [-0.15, -0.1) is 0 Å². The summed E-state index contributed by atoms with van der Waals surface area (Å²) in [4.78, 5) is 27.7. The van der Waals surface area contributed by atoms with Gasteiger partial charge in [0.25, 0.3) is 0 Å². The lowest BCUT2D eigenvalue weighted by Gasteiger charge is -2.54. The third kappa shape index (κ3) is 4.06. The summed E-state index contributed by atoms with van der Waals surface area (Å²) < 4.78 is 13.3. The number of urea groups is 1. The lowest BCUT2D eigenvalue weighted by atomic mass is 9.51. The Kier molecular flexibility index (Phi) is 5.42. The van der Waals surface area contributed by atoms with Crippen molar-refractivity contribution in [3.63, 3.8) is 0 Å². The molecule has 2 N–H and O–H groups in total. The summed E-state index contributed by atoms with van der Waals surface area (Å²) in [5.41, 5.74) is 0.440. The molecule has 1 unspecified atom stereocenters. The topological polar surface area (TPSA) is 61.4 Å². The average molecular weight is 414 g/mol. The monoisotopic (exact) mass is 413 g/mol. The Morgan fingerprint density at radius 3 is 2.50 bits per heavy atom. The molecule has 1 aliphatic heterocycles. The van der Waals surface area contributed by atoms with Crippen molar-refractivity contribution >= 4 is 17.6 Å². The van der Waals surface area contributed by atoms with Crippen LogP contribution >= 0.6 is 0 Å². The minimum Gasteiger partial charge on any atom is -0.342 e. The molecule has 3 amide bonds. The van der Waals surface area contributed by atoms with Gasteiger partial charge in [0.15, 0.2) is 0 Å². The molecule has 1 aromatic carbocycles. The zero-order chi connectivity index (χ0) is 20.7. The molecule has 1 heterocycles. The second-order valence-corrected chi connectivity index (χ2v) is 10.1. The van der Waals surface area contributed by atoms with E-state index in [1.165, 1.54) is 44.2 Å². The zero-order valence-electron chi connectivity index (χ0n) is 17.5. The molecule has 0 radical (unpaired) electrons. The number of likely N-dealkylation sites (tertiary alicyclic amines) is 1. The number of carbonyl (C=O) groups excluding carboxylic acids is 2. The number of hydrogen-bond acceptors (Lipinski definition) is 2. The van der Waals surface area contributed by atoms with Crippen LogP contribution in [-0.2, 0) is 4.79 Å². The van der Waals surface area contributed by atoms with Gasteiger partial charge in [0.05, 0.1) is 0 Å². The van der Waals surface area contributed by atoms with Gasteiger partial charge >= 0.3 is 6.03 Å². The van der Waals surface area contributed by atoms with Crippen molar-refractivity contribution in [2.24, 2.45) is 35.5 Å². The number of benzene rings is 1. The van der Waals surface area contributed by atoms with Crippen molar-refractivity contribution in [1.82, 2.24) is 10.2 Å². The van der Waals surface area contributed by atoms with Gasteiger partial charge in [0.2, 0.25) is 5.91 Å². The van der Waals surface area contributed by atoms with Crippen LogP contribution in [0.4, 0.5) is 14.9 Å². The number of nitrogens with one attached hydrogen (secondary N) is 2. The average Bonchev–Trinajstić information content (AvgIpc) is 2.71. The SMILES string of the molecule is O=C(NCC1CCCN(C(=O)C2C3CC4CC(C3)CC2C4)C1)Nc1cccc(F)c1. The molecule has 6 heteroatoms. The molecule has 1 saturated heterocycles. The first kappa shape index (κ1) is 19.8. The summed E-state index contributed by atoms with van der Waals surface area (Å²) in [6.45, 7) is 2.13. The third-order valence-electron chi connectivity index (χ3n) is 7.98. The molecule has 5 aliphatic rings. The normalized spacial score (nSPS) is 34.6. The van der Waals surface area contributed by atoms with Gasteiger partial charge in [-0.2, -0.15) is 0 Å². The molecule has 5 nitrogen and oxygen atoms in total. The highest BCUT2D eigenvalue weighted by atomic mass is 19.1. The number of nitrogens with zero attached hydrogens (tertiary/aromatic N) is 1. The Balaban J connectivity index is 1.13. The van der Waals surface area contributed by atoms with Crippen LogP contribution in [0.3, 0.4) is 0 Å². The number of halogens is 1. The van der Waals surface area contributed by atoms with Gasteiger partial charge in [-0.1, -0.05) is 6.07 Å². The quantitative estimate of drug-likeness (QED) is 0.775. The maximum Gasteiger partial charge on any atom is 0.319 e. The van der Waals surface area contributed by atoms with E-state index >= 15 is 0 Å². The molecule has 4 saturated carbocycles. The summed E-state index contributed by atoms with van der Waals surface area (Å²) in [6, 6.07) is 5.55. The molecular weight excluding hydrogens is 381 g/mol. The van der Waals surface area contributed by atoms with E-state index in [1.807, 2.05) is 0 Å². The Morgan fingerprint density at radius 1 is 1.07 bits per heavy atom. The molecular formula is C24H32FN3O2. The molecule has 30 heavy (non-hydrogen) atoms. The second kappa shape index (κ2) is 8.20. The highest BCUT2D eigenvalue weighted by Crippen LogP contribution is 2.57. The van der Waals surface area contributed by atoms with E-state index in [0.717, 1.165) is 37.8 Å². The number of amides is 3. The summed E-state index contributed by atoms with van der Waals surface area (Å²) >= 11 is 0. The van der Waals surface area contributed by atoms with Gasteiger partial charge in [0.1, 0.15) is 5.82 Å². The van der Waals surface area contributed by atoms with Crippen LogP contribution in [0.25, 0.3) is 0 Å². The van der Waals surface area contributed by atoms with Crippen molar-refractivity contribution < 1.29 is 14.0 Å². The standard InChI is InChI=1S/C24H32FN3O2/c25-20-4-1-5-21(12-20)27-24(30)26-13-15-3-2-6-28(14-15)23(29)22-18-8-16-7-17(10-18)11-19(22)9-16/h1,4-5,12,15-19,22H,2-3,6-11,13-14H2,(H2,26,27,30). The lowest BCUT2D eigenvalue weighted by Crippen LogP contribution is -2.54. The Labute approximate surface area is 177 Å². The molecule has 4 aliphatic carbocycles. The van der Waals surface area contributed by atoms with Gasteiger partial charge in [0, 0.05) is 31.2 Å². The first-order chi connectivity index (χ1) is 14.5. The molecule has 162 valence electrons. The molecule has 0 aromatic heterocycles. The van der Waals surface area contributed by atoms with Crippen LogP contribution in [0.5, 0.6) is 0 Å². The molecule has 1 atom stereocenters. The van der Waals surface area contributed by atoms with Crippen molar-refractivity contribution in [3.8, 4) is 0 Å². The van der Waals surface area contributed by atoms with E-state index in [-0.39, 0.29) is 23.7 Å². The van der Waals surface area contributed by atoms with E-state index < -0.39 is 0 Å². The smallest absolute Gasteiger partial charge is 0.319 e. The van der Waals surface area contributed by atoms with Crippen molar-refractivity contribution in [2.75, 3.05) is 25.0 Å². The highest BCUT2D eigenvalue weighted by molar-refractivity contribution is 5.89. The Hall–Kier alpha value is -2.11. The number of anilines is 1. The van der Waals surface area contributed by atoms with Gasteiger partial charge in [-0.05, 0) is 92.7 Å². The highest BCUT2D eigenvalue weighted by Gasteiger charge is 2.51. The maximum atomic E-state index is 13.4. The fourth-order valence-corrected chi connectivity index (χ4v) is 6.95. The van der Waals surface area contributed by atoms with E-state index in [1.54, 1.807) is 12.1 Å². The first-order valence-corrected chi connectivity index (χ1v) is 11.6. The predicted molar refractivity (Wildman–Crippen MR) is 113 cm³/mol. The zero-order valence-corrected chi connectivity index (χ0v) is 17.5. The van der Waals surface area contributed by atoms with Crippen molar-refractivity contribution in [2.45, 2.75) is 44.9 Å². The van der Waals surface area contributed by atoms with Crippen LogP contribution in [-0.4, -0.2) is 36.5 Å². The van der Waals surface area contributed by atoms with E-state index in [4.69, 9.17) is 0 Å². The summed E-state index contributed by atoms with van der Waals surface area (Å²) in [5, 5.41) is 5.57. The minimum atomic E-state index is -0.376. The fraction of sp³-hybridized carbons (Fsp3) is 0.667. The van der Waals surface area contributed by atoms with E-state index in [2.05, 4.69) is 15.5 Å². The maximum absolute atomic E-state index is 13.4. The van der Waals surface area contributed by atoms with E-state index in [0.29, 0.717) is 30.0 Å². The van der Waals surface area contributed by atoms with Gasteiger partial charge in [-0.3, -0.25) is 4.79 Å². The van der Waals surface area contributed by atoms with Crippen LogP contribution in [0.1, 0.15) is 44.9 Å². The van der Waals surface area contributed by atoms with E-state index in [9.17, 15) is 14.0 Å². The lowest BCUT2D eigenvalue weighted by molar-refractivity contribution is -0.150. The number of hydrogen-bond donors (Lipinski definition) is 2. The number of carbonyl (C=O) groups is 2. The van der Waals surface area contributed by atoms with Crippen LogP contribution in [0.15, 0.2) is 24.3 Å². The molecule has 6 rings (SSSR count). The van der Waals surface area contributed by atoms with Crippen LogP contribution in [0, 0.1) is 41.3 Å². The first-order valence-electron chi connectivity index (χ1n) is 11.6. The predicted octanol–water partition coefficient (Wildman–Crippen LogP) is 4.26. The van der Waals surface area contributed by atoms with Gasteiger partial charge < -0.3 is 15.5 Å². The van der Waals surface area contributed by atoms with Crippen LogP contribution < -0.4 is 10.6 Å². The molecule has 0 spiro atoms. The van der Waals surface area contributed by atoms with Crippen molar-refractivity contribution in [1.29, 1.82) is 0 Å². The molecule has 5 fully saturated rings. The summed E-state index contributed by atoms with van der Waals surface area (Å²) in [7, 11) is 0. The Morgan fingerprint density at radius 2 is 1.80 bits per heavy atom. The number of piperidine rings is 1. The Bertz CT molecular complexity index is 785. The minimum absolute atomic E-state index is 0.251. The van der Waals surface area contributed by atoms with Gasteiger partial charge in [-0.25, -0.2) is 9.18 Å². The summed E-state index contributed by atoms with van der Waals surface area (Å²) in [6.07, 6.45) is 8.49. The molecule has 4 bridgehead atoms. The fourth-order valence-electron chi connectivity index (χ4n) is 6.95. The molecule has 1 aromatic rings. The number of rotatable bonds is 4. The third-order valence-corrected chi connectivity index (χ3v) is 7.98.